The van der Waals surface area contributed by atoms with Crippen molar-refractivity contribution in [1.82, 2.24) is 10.2 Å². The molecule has 0 fully saturated rings. The Bertz CT molecular complexity index is 573. The number of nitrogens with one attached hydrogen (secondary N) is 1. The Balaban J connectivity index is 1.97. The van der Waals surface area contributed by atoms with Crippen LogP contribution in [0.25, 0.3) is 0 Å². The fourth-order valence-electron chi connectivity index (χ4n) is 2.52. The van der Waals surface area contributed by atoms with E-state index in [0.29, 0.717) is 18.9 Å². The zero-order valence-corrected chi connectivity index (χ0v) is 14.0. The van der Waals surface area contributed by atoms with E-state index in [2.05, 4.69) is 5.32 Å². The number of benzene rings is 1. The Morgan fingerprint density at radius 1 is 1.30 bits per heavy atom. The molecule has 0 aliphatic carbocycles. The maximum atomic E-state index is 12.6. The average Bonchev–Trinajstić information content (AvgIpc) is 2.51. The van der Waals surface area contributed by atoms with Crippen LogP contribution in [-0.4, -0.2) is 49.1 Å². The van der Waals surface area contributed by atoms with Crippen LogP contribution in [0, 0.1) is 5.92 Å². The van der Waals surface area contributed by atoms with Crippen molar-refractivity contribution in [3.05, 3.63) is 24.3 Å². The summed E-state index contributed by atoms with van der Waals surface area (Å²) in [5.74, 6) is 1.08. The van der Waals surface area contributed by atoms with Crippen LogP contribution in [0.2, 0.25) is 0 Å². The monoisotopic (exact) mass is 320 g/mol. The van der Waals surface area contributed by atoms with Gasteiger partial charge in [-0.3, -0.25) is 9.59 Å². The molecule has 0 saturated carbocycles. The summed E-state index contributed by atoms with van der Waals surface area (Å²) in [6, 6.07) is 6.93. The second kappa shape index (κ2) is 7.35. The summed E-state index contributed by atoms with van der Waals surface area (Å²) in [7, 11) is 1.71. The topological polar surface area (TPSA) is 67.9 Å². The Kier molecular flexibility index (Phi) is 5.47. The predicted octanol–water partition coefficient (Wildman–Crippen LogP) is 1.45. The van der Waals surface area contributed by atoms with Crippen LogP contribution in [0.4, 0.5) is 0 Å². The highest BCUT2D eigenvalue weighted by atomic mass is 16.6. The van der Waals surface area contributed by atoms with E-state index in [0.717, 1.165) is 5.75 Å². The molecule has 0 spiro atoms. The number of carbonyl (C=O) groups is 2. The highest BCUT2D eigenvalue weighted by molar-refractivity contribution is 5.87. The summed E-state index contributed by atoms with van der Waals surface area (Å²) < 4.78 is 11.5. The molecule has 0 bridgehead atoms. The van der Waals surface area contributed by atoms with Crippen LogP contribution in [0.1, 0.15) is 20.8 Å². The van der Waals surface area contributed by atoms with E-state index in [1.165, 1.54) is 6.92 Å². The van der Waals surface area contributed by atoms with E-state index < -0.39 is 6.04 Å². The van der Waals surface area contributed by atoms with Crippen molar-refractivity contribution in [3.63, 3.8) is 0 Å². The Hall–Kier alpha value is -2.24. The molecule has 1 aliphatic rings. The first-order chi connectivity index (χ1) is 10.9. The van der Waals surface area contributed by atoms with Crippen molar-refractivity contribution >= 4 is 11.8 Å². The van der Waals surface area contributed by atoms with Crippen LogP contribution < -0.4 is 14.8 Å². The first-order valence-corrected chi connectivity index (χ1v) is 7.79. The Labute approximate surface area is 136 Å². The zero-order chi connectivity index (χ0) is 17.0. The molecular formula is C17H24N2O4. The van der Waals surface area contributed by atoms with Crippen LogP contribution in [0.3, 0.4) is 0 Å². The van der Waals surface area contributed by atoms with Gasteiger partial charge in [-0.1, -0.05) is 26.0 Å². The number of nitrogens with zero attached hydrogens (tertiary/aromatic N) is 1. The molecule has 1 heterocycles. The third-order valence-electron chi connectivity index (χ3n) is 3.71. The van der Waals surface area contributed by atoms with E-state index in [1.54, 1.807) is 11.9 Å². The fourth-order valence-corrected chi connectivity index (χ4v) is 2.52. The van der Waals surface area contributed by atoms with E-state index in [9.17, 15) is 9.59 Å². The highest BCUT2D eigenvalue weighted by Gasteiger charge is 2.29. The lowest BCUT2D eigenvalue weighted by molar-refractivity contribution is -0.137. The van der Waals surface area contributed by atoms with E-state index >= 15 is 0 Å². The van der Waals surface area contributed by atoms with Crippen molar-refractivity contribution in [3.8, 4) is 11.5 Å². The van der Waals surface area contributed by atoms with Gasteiger partial charge in [0.15, 0.2) is 17.6 Å². The molecule has 0 unspecified atom stereocenters. The van der Waals surface area contributed by atoms with Gasteiger partial charge >= 0.3 is 0 Å². The van der Waals surface area contributed by atoms with Crippen LogP contribution in [0.5, 0.6) is 11.5 Å². The predicted molar refractivity (Wildman–Crippen MR) is 86.4 cm³/mol. The lowest BCUT2D eigenvalue weighted by Gasteiger charge is -2.32. The maximum absolute atomic E-state index is 12.6. The quantitative estimate of drug-likeness (QED) is 0.891. The molecule has 2 amide bonds. The number of hydrogen-bond donors (Lipinski definition) is 1. The number of fused-ring (bicyclic) bond motifs is 1. The summed E-state index contributed by atoms with van der Waals surface area (Å²) in [5.41, 5.74) is 0. The van der Waals surface area contributed by atoms with Gasteiger partial charge in [0.1, 0.15) is 12.6 Å². The van der Waals surface area contributed by atoms with Crippen molar-refractivity contribution in [2.75, 3.05) is 20.2 Å². The summed E-state index contributed by atoms with van der Waals surface area (Å²) in [5, 5.41) is 2.71. The van der Waals surface area contributed by atoms with Crippen molar-refractivity contribution in [2.45, 2.75) is 32.9 Å². The fraction of sp³-hybridized carbons (Fsp3) is 0.529. The summed E-state index contributed by atoms with van der Waals surface area (Å²) in [4.78, 5) is 25.4. The number of carbonyl (C=O) groups excluding carboxylic acids is 2. The minimum absolute atomic E-state index is 0.0121. The molecule has 1 N–H and O–H groups in total. The first kappa shape index (κ1) is 17.1. The van der Waals surface area contributed by atoms with Crippen molar-refractivity contribution in [1.29, 1.82) is 0 Å². The van der Waals surface area contributed by atoms with Gasteiger partial charge < -0.3 is 19.7 Å². The Morgan fingerprint density at radius 3 is 2.57 bits per heavy atom. The Morgan fingerprint density at radius 2 is 1.96 bits per heavy atom. The van der Waals surface area contributed by atoms with Gasteiger partial charge in [-0.05, 0) is 18.1 Å². The minimum atomic E-state index is -0.533. The van der Waals surface area contributed by atoms with Gasteiger partial charge in [-0.2, -0.15) is 0 Å². The van der Waals surface area contributed by atoms with Crippen LogP contribution in [-0.2, 0) is 9.59 Å². The van der Waals surface area contributed by atoms with Crippen molar-refractivity contribution in [2.24, 2.45) is 5.92 Å². The van der Waals surface area contributed by atoms with E-state index in [1.807, 2.05) is 38.1 Å². The SMILES string of the molecule is CC(=O)N[C@H](C(=O)N(C)C[C@@H]1COc2ccccc2O1)C(C)C. The second-order valence-corrected chi connectivity index (χ2v) is 6.14. The van der Waals surface area contributed by atoms with Gasteiger partial charge in [0.05, 0.1) is 6.54 Å². The molecular weight excluding hydrogens is 296 g/mol. The van der Waals surface area contributed by atoms with Gasteiger partial charge in [0.2, 0.25) is 11.8 Å². The molecule has 6 heteroatoms. The van der Waals surface area contributed by atoms with Crippen LogP contribution >= 0.6 is 0 Å². The summed E-state index contributed by atoms with van der Waals surface area (Å²) in [6.07, 6.45) is -0.232. The third kappa shape index (κ3) is 4.37. The number of rotatable bonds is 5. The summed E-state index contributed by atoms with van der Waals surface area (Å²) >= 11 is 0. The minimum Gasteiger partial charge on any atom is -0.486 e. The molecule has 2 rings (SSSR count). The van der Waals surface area contributed by atoms with E-state index in [4.69, 9.17) is 9.47 Å². The standard InChI is InChI=1S/C17H24N2O4/c1-11(2)16(18-12(3)20)17(21)19(4)9-13-10-22-14-7-5-6-8-15(14)23-13/h5-8,11,13,16H,9-10H2,1-4H3,(H,18,20)/t13-,16+/m1/s1. The highest BCUT2D eigenvalue weighted by Crippen LogP contribution is 2.30. The van der Waals surface area contributed by atoms with Gasteiger partial charge in [0.25, 0.3) is 0 Å². The lowest BCUT2D eigenvalue weighted by atomic mass is 10.0. The normalized spacial score (nSPS) is 17.5. The molecule has 1 aliphatic heterocycles. The number of hydrogen-bond acceptors (Lipinski definition) is 4. The van der Waals surface area contributed by atoms with Gasteiger partial charge in [0, 0.05) is 14.0 Å². The largest absolute Gasteiger partial charge is 0.486 e. The molecule has 6 nitrogen and oxygen atoms in total. The number of ether oxygens (including phenoxy) is 2. The van der Waals surface area contributed by atoms with Gasteiger partial charge in [-0.15, -0.1) is 0 Å². The molecule has 0 saturated heterocycles. The van der Waals surface area contributed by atoms with Crippen LogP contribution in [0.15, 0.2) is 24.3 Å². The first-order valence-electron chi connectivity index (χ1n) is 7.79. The molecule has 23 heavy (non-hydrogen) atoms. The molecule has 0 aromatic heterocycles. The summed E-state index contributed by atoms with van der Waals surface area (Å²) in [6.45, 7) is 6.01. The maximum Gasteiger partial charge on any atom is 0.245 e. The number of likely N-dealkylation sites (N-methyl/N-ethyl adjacent to an activating group) is 1. The molecule has 2 atom stereocenters. The molecule has 0 radical (unpaired) electrons. The van der Waals surface area contributed by atoms with Gasteiger partial charge in [-0.25, -0.2) is 0 Å². The molecule has 1 aromatic rings. The molecule has 1 aromatic carbocycles. The number of para-hydroxylation sites is 2. The third-order valence-corrected chi connectivity index (χ3v) is 3.71. The smallest absolute Gasteiger partial charge is 0.245 e. The molecule has 126 valence electrons. The second-order valence-electron chi connectivity index (χ2n) is 6.14. The number of amides is 2. The lowest BCUT2D eigenvalue weighted by Crippen LogP contribution is -2.52. The zero-order valence-electron chi connectivity index (χ0n) is 14.0. The van der Waals surface area contributed by atoms with E-state index in [-0.39, 0.29) is 23.8 Å². The van der Waals surface area contributed by atoms with Crippen molar-refractivity contribution < 1.29 is 19.1 Å². The average molecular weight is 320 g/mol.